The van der Waals surface area contributed by atoms with E-state index in [4.69, 9.17) is 0 Å². The lowest BCUT2D eigenvalue weighted by molar-refractivity contribution is 0.855. The van der Waals surface area contributed by atoms with Gasteiger partial charge in [0.15, 0.2) is 0 Å². The molecular formula is C11H12. The molecule has 0 aromatic carbocycles. The molecule has 0 saturated heterocycles. The van der Waals surface area contributed by atoms with Gasteiger partial charge in [-0.05, 0) is 42.2 Å². The highest BCUT2D eigenvalue weighted by molar-refractivity contribution is 5.50. The Labute approximate surface area is 67.3 Å². The molecule has 0 aliphatic heterocycles. The monoisotopic (exact) mass is 144 g/mol. The lowest BCUT2D eigenvalue weighted by Crippen LogP contribution is -1.93. The Morgan fingerprint density at radius 1 is 1.45 bits per heavy atom. The highest BCUT2D eigenvalue weighted by atomic mass is 14.5. The zero-order valence-corrected chi connectivity index (χ0v) is 6.64. The van der Waals surface area contributed by atoms with Crippen LogP contribution in [0.15, 0.2) is 35.5 Å². The summed E-state index contributed by atoms with van der Waals surface area (Å²) in [6.45, 7) is 3.99. The summed E-state index contributed by atoms with van der Waals surface area (Å²) in [5.41, 5.74) is 4.56. The van der Waals surface area contributed by atoms with E-state index in [0.717, 1.165) is 18.3 Å². The number of allylic oxidation sites excluding steroid dienone is 5. The lowest BCUT2D eigenvalue weighted by atomic mass is 9.94. The zero-order chi connectivity index (χ0) is 7.42. The molecule has 3 aliphatic rings. The van der Waals surface area contributed by atoms with E-state index in [1.807, 2.05) is 0 Å². The van der Waals surface area contributed by atoms with Crippen LogP contribution in [-0.4, -0.2) is 0 Å². The second-order valence-electron chi connectivity index (χ2n) is 4.00. The molecule has 3 aliphatic carbocycles. The Bertz CT molecular complexity index is 291. The SMILES string of the molecule is C=C1C=C2C[C@@H]3C[C@@H]3C2=CC1. The zero-order valence-electron chi connectivity index (χ0n) is 6.64. The fraction of sp³-hybridized carbons (Fsp3) is 0.455. The van der Waals surface area contributed by atoms with E-state index in [2.05, 4.69) is 18.7 Å². The molecule has 0 nitrogen and oxygen atoms in total. The molecule has 0 N–H and O–H groups in total. The van der Waals surface area contributed by atoms with E-state index in [1.165, 1.54) is 18.4 Å². The summed E-state index contributed by atoms with van der Waals surface area (Å²) in [5, 5.41) is 0. The molecule has 0 radical (unpaired) electrons. The van der Waals surface area contributed by atoms with Gasteiger partial charge < -0.3 is 0 Å². The molecule has 2 saturated carbocycles. The Morgan fingerprint density at radius 2 is 2.36 bits per heavy atom. The Hall–Kier alpha value is -0.780. The minimum Gasteiger partial charge on any atom is -0.0955 e. The van der Waals surface area contributed by atoms with Gasteiger partial charge in [0.25, 0.3) is 0 Å². The first kappa shape index (κ1) is 5.82. The van der Waals surface area contributed by atoms with Crippen molar-refractivity contribution in [2.75, 3.05) is 0 Å². The highest BCUT2D eigenvalue weighted by Gasteiger charge is 2.47. The van der Waals surface area contributed by atoms with Crippen LogP contribution in [0.3, 0.4) is 0 Å². The Balaban J connectivity index is 2.05. The van der Waals surface area contributed by atoms with Crippen molar-refractivity contribution in [3.63, 3.8) is 0 Å². The first-order valence-electron chi connectivity index (χ1n) is 4.43. The standard InChI is InChI=1S/C11H12/c1-7-2-3-10-8(4-7)5-9-6-11(9)10/h3-4,9,11H,1-2,5-6H2/t9-,11+/m1/s1. The van der Waals surface area contributed by atoms with Crippen LogP contribution >= 0.6 is 0 Å². The molecule has 11 heavy (non-hydrogen) atoms. The smallest absolute Gasteiger partial charge is 0.00972 e. The number of hydrogen-bond donors (Lipinski definition) is 0. The van der Waals surface area contributed by atoms with Gasteiger partial charge in [-0.1, -0.05) is 24.3 Å². The van der Waals surface area contributed by atoms with Crippen molar-refractivity contribution in [1.82, 2.24) is 0 Å². The maximum absolute atomic E-state index is 3.99. The molecule has 0 spiro atoms. The molecule has 2 fully saturated rings. The molecule has 2 atom stereocenters. The molecule has 0 heteroatoms. The fourth-order valence-corrected chi connectivity index (χ4v) is 2.46. The number of rotatable bonds is 0. The van der Waals surface area contributed by atoms with Crippen LogP contribution in [0.2, 0.25) is 0 Å². The molecule has 0 bridgehead atoms. The lowest BCUT2D eigenvalue weighted by Gasteiger charge is -2.11. The summed E-state index contributed by atoms with van der Waals surface area (Å²) < 4.78 is 0. The van der Waals surface area contributed by atoms with Crippen LogP contribution in [-0.2, 0) is 0 Å². The third-order valence-corrected chi connectivity index (χ3v) is 3.14. The fourth-order valence-electron chi connectivity index (χ4n) is 2.46. The van der Waals surface area contributed by atoms with Crippen LogP contribution in [0, 0.1) is 11.8 Å². The number of hydrogen-bond acceptors (Lipinski definition) is 0. The van der Waals surface area contributed by atoms with Crippen LogP contribution in [0.1, 0.15) is 19.3 Å². The van der Waals surface area contributed by atoms with Crippen molar-refractivity contribution in [2.24, 2.45) is 11.8 Å². The third-order valence-electron chi connectivity index (χ3n) is 3.14. The summed E-state index contributed by atoms with van der Waals surface area (Å²) in [4.78, 5) is 0. The van der Waals surface area contributed by atoms with Crippen molar-refractivity contribution >= 4 is 0 Å². The summed E-state index contributed by atoms with van der Waals surface area (Å²) in [6, 6.07) is 0. The van der Waals surface area contributed by atoms with Gasteiger partial charge in [-0.15, -0.1) is 0 Å². The Morgan fingerprint density at radius 3 is 3.27 bits per heavy atom. The number of fused-ring (bicyclic) bond motifs is 3. The molecule has 0 unspecified atom stereocenters. The van der Waals surface area contributed by atoms with E-state index < -0.39 is 0 Å². The second kappa shape index (κ2) is 1.69. The van der Waals surface area contributed by atoms with Crippen LogP contribution in [0.4, 0.5) is 0 Å². The normalized spacial score (nSPS) is 39.1. The van der Waals surface area contributed by atoms with Gasteiger partial charge in [-0.2, -0.15) is 0 Å². The minimum absolute atomic E-state index is 0.967. The van der Waals surface area contributed by atoms with Gasteiger partial charge in [-0.25, -0.2) is 0 Å². The summed E-state index contributed by atoms with van der Waals surface area (Å²) in [5.74, 6) is 1.99. The van der Waals surface area contributed by atoms with Crippen molar-refractivity contribution in [1.29, 1.82) is 0 Å². The van der Waals surface area contributed by atoms with E-state index in [1.54, 1.807) is 11.1 Å². The summed E-state index contributed by atoms with van der Waals surface area (Å²) in [6.07, 6.45) is 8.62. The maximum atomic E-state index is 3.99. The first-order valence-corrected chi connectivity index (χ1v) is 4.43. The van der Waals surface area contributed by atoms with E-state index in [9.17, 15) is 0 Å². The van der Waals surface area contributed by atoms with Gasteiger partial charge in [0.1, 0.15) is 0 Å². The molecule has 0 amide bonds. The summed E-state index contributed by atoms with van der Waals surface area (Å²) in [7, 11) is 0. The van der Waals surface area contributed by atoms with Crippen molar-refractivity contribution in [2.45, 2.75) is 19.3 Å². The average molecular weight is 144 g/mol. The van der Waals surface area contributed by atoms with Gasteiger partial charge in [-0.3, -0.25) is 0 Å². The molecule has 3 rings (SSSR count). The molecule has 0 aromatic heterocycles. The van der Waals surface area contributed by atoms with Crippen LogP contribution < -0.4 is 0 Å². The van der Waals surface area contributed by atoms with Gasteiger partial charge in [0.2, 0.25) is 0 Å². The topological polar surface area (TPSA) is 0 Å². The predicted octanol–water partition coefficient (Wildman–Crippen LogP) is 2.84. The van der Waals surface area contributed by atoms with Gasteiger partial charge >= 0.3 is 0 Å². The average Bonchev–Trinajstić information content (AvgIpc) is 2.63. The quantitative estimate of drug-likeness (QED) is 0.490. The first-order chi connectivity index (χ1) is 5.34. The summed E-state index contributed by atoms with van der Waals surface area (Å²) >= 11 is 0. The van der Waals surface area contributed by atoms with Crippen molar-refractivity contribution in [3.8, 4) is 0 Å². The van der Waals surface area contributed by atoms with E-state index in [-0.39, 0.29) is 0 Å². The second-order valence-corrected chi connectivity index (χ2v) is 4.00. The third kappa shape index (κ3) is 0.699. The van der Waals surface area contributed by atoms with Crippen LogP contribution in [0.5, 0.6) is 0 Å². The minimum atomic E-state index is 0.967. The molecular weight excluding hydrogens is 132 g/mol. The van der Waals surface area contributed by atoms with Crippen LogP contribution in [0.25, 0.3) is 0 Å². The molecule has 56 valence electrons. The predicted molar refractivity (Wildman–Crippen MR) is 46.1 cm³/mol. The largest absolute Gasteiger partial charge is 0.0955 e. The van der Waals surface area contributed by atoms with Crippen molar-refractivity contribution in [3.05, 3.63) is 35.5 Å². The maximum Gasteiger partial charge on any atom is -0.00972 e. The van der Waals surface area contributed by atoms with Crippen molar-refractivity contribution < 1.29 is 0 Å². The molecule has 0 heterocycles. The van der Waals surface area contributed by atoms with Gasteiger partial charge in [0, 0.05) is 0 Å². The molecule has 0 aromatic rings. The Kier molecular flexibility index (Phi) is 0.892. The van der Waals surface area contributed by atoms with E-state index >= 15 is 0 Å². The van der Waals surface area contributed by atoms with E-state index in [0.29, 0.717) is 0 Å². The van der Waals surface area contributed by atoms with Gasteiger partial charge in [0.05, 0.1) is 0 Å². The highest BCUT2D eigenvalue weighted by Crippen LogP contribution is 2.58.